The van der Waals surface area contributed by atoms with Gasteiger partial charge < -0.3 is 5.32 Å². The summed E-state index contributed by atoms with van der Waals surface area (Å²) in [7, 11) is 1.97. The first-order valence-corrected chi connectivity index (χ1v) is 5.43. The van der Waals surface area contributed by atoms with Crippen molar-refractivity contribution in [3.8, 4) is 0 Å². The first-order chi connectivity index (χ1) is 7.13. The predicted octanol–water partition coefficient (Wildman–Crippen LogP) is 1.86. The van der Waals surface area contributed by atoms with Gasteiger partial charge in [0.25, 0.3) is 0 Å². The van der Waals surface area contributed by atoms with Gasteiger partial charge in [-0.3, -0.25) is 4.68 Å². The molecule has 0 radical (unpaired) electrons. The SMILES string of the molecule is C=CC(C)(CNC)Cc1cnn(CC)c1. The van der Waals surface area contributed by atoms with E-state index >= 15 is 0 Å². The largest absolute Gasteiger partial charge is 0.319 e. The lowest BCUT2D eigenvalue weighted by molar-refractivity contribution is 0.406. The second kappa shape index (κ2) is 5.12. The Morgan fingerprint density at radius 3 is 2.87 bits per heavy atom. The molecule has 0 fully saturated rings. The zero-order valence-electron chi connectivity index (χ0n) is 9.95. The van der Waals surface area contributed by atoms with Crippen LogP contribution in [0.1, 0.15) is 19.4 Å². The molecule has 3 nitrogen and oxygen atoms in total. The highest BCUT2D eigenvalue weighted by atomic mass is 15.3. The molecule has 1 N–H and O–H groups in total. The van der Waals surface area contributed by atoms with Crippen LogP contribution in [0.3, 0.4) is 0 Å². The fraction of sp³-hybridized carbons (Fsp3) is 0.583. The van der Waals surface area contributed by atoms with Crippen LogP contribution in [-0.4, -0.2) is 23.4 Å². The van der Waals surface area contributed by atoms with Crippen molar-refractivity contribution in [3.63, 3.8) is 0 Å². The molecular weight excluding hydrogens is 186 g/mol. The zero-order chi connectivity index (χ0) is 11.3. The summed E-state index contributed by atoms with van der Waals surface area (Å²) in [5.41, 5.74) is 1.38. The van der Waals surface area contributed by atoms with Crippen LogP contribution in [-0.2, 0) is 13.0 Å². The fourth-order valence-electron chi connectivity index (χ4n) is 1.75. The van der Waals surface area contributed by atoms with E-state index in [4.69, 9.17) is 0 Å². The molecule has 0 aliphatic carbocycles. The number of aryl methyl sites for hydroxylation is 1. The monoisotopic (exact) mass is 207 g/mol. The summed E-state index contributed by atoms with van der Waals surface area (Å²) in [5, 5.41) is 7.48. The molecule has 0 aromatic carbocycles. The average molecular weight is 207 g/mol. The predicted molar refractivity (Wildman–Crippen MR) is 63.8 cm³/mol. The topological polar surface area (TPSA) is 29.9 Å². The fourth-order valence-corrected chi connectivity index (χ4v) is 1.75. The third-order valence-electron chi connectivity index (χ3n) is 2.69. The Bertz CT molecular complexity index is 316. The van der Waals surface area contributed by atoms with Gasteiger partial charge in [0, 0.05) is 24.7 Å². The Morgan fingerprint density at radius 2 is 2.40 bits per heavy atom. The summed E-state index contributed by atoms with van der Waals surface area (Å²) in [6, 6.07) is 0. The van der Waals surface area contributed by atoms with Crippen LogP contribution < -0.4 is 5.32 Å². The summed E-state index contributed by atoms with van der Waals surface area (Å²) in [6.07, 6.45) is 7.06. The molecule has 15 heavy (non-hydrogen) atoms. The molecule has 0 spiro atoms. The highest BCUT2D eigenvalue weighted by molar-refractivity contribution is 5.11. The van der Waals surface area contributed by atoms with Crippen molar-refractivity contribution in [3.05, 3.63) is 30.6 Å². The summed E-state index contributed by atoms with van der Waals surface area (Å²) >= 11 is 0. The van der Waals surface area contributed by atoms with Gasteiger partial charge in [-0.05, 0) is 26.0 Å². The maximum absolute atomic E-state index is 4.28. The van der Waals surface area contributed by atoms with Crippen molar-refractivity contribution in [2.45, 2.75) is 26.8 Å². The van der Waals surface area contributed by atoms with Crippen LogP contribution in [0.5, 0.6) is 0 Å². The van der Waals surface area contributed by atoms with Crippen LogP contribution in [0.2, 0.25) is 0 Å². The lowest BCUT2D eigenvalue weighted by Gasteiger charge is -2.24. The maximum Gasteiger partial charge on any atom is 0.0522 e. The molecule has 0 aliphatic rings. The molecule has 0 amide bonds. The highest BCUT2D eigenvalue weighted by Crippen LogP contribution is 2.22. The van der Waals surface area contributed by atoms with Gasteiger partial charge in [0.2, 0.25) is 0 Å². The van der Waals surface area contributed by atoms with Crippen LogP contribution >= 0.6 is 0 Å². The van der Waals surface area contributed by atoms with Gasteiger partial charge in [-0.1, -0.05) is 13.0 Å². The molecule has 1 aromatic heterocycles. The average Bonchev–Trinajstić information content (AvgIpc) is 2.66. The number of aromatic nitrogens is 2. The number of hydrogen-bond donors (Lipinski definition) is 1. The quantitative estimate of drug-likeness (QED) is 0.722. The summed E-state index contributed by atoms with van der Waals surface area (Å²) in [6.45, 7) is 10.1. The van der Waals surface area contributed by atoms with E-state index in [0.717, 1.165) is 19.5 Å². The van der Waals surface area contributed by atoms with Crippen LogP contribution in [0.25, 0.3) is 0 Å². The Hall–Kier alpha value is -1.09. The van der Waals surface area contributed by atoms with Crippen molar-refractivity contribution < 1.29 is 0 Å². The summed E-state index contributed by atoms with van der Waals surface area (Å²) in [5.74, 6) is 0. The molecule has 1 rings (SSSR count). The van der Waals surface area contributed by atoms with Gasteiger partial charge in [0.05, 0.1) is 6.20 Å². The molecule has 1 aromatic rings. The molecule has 0 bridgehead atoms. The van der Waals surface area contributed by atoms with E-state index in [-0.39, 0.29) is 5.41 Å². The Morgan fingerprint density at radius 1 is 1.67 bits per heavy atom. The number of hydrogen-bond acceptors (Lipinski definition) is 2. The minimum atomic E-state index is 0.107. The lowest BCUT2D eigenvalue weighted by Crippen LogP contribution is -2.29. The molecule has 1 atom stereocenters. The third-order valence-corrected chi connectivity index (χ3v) is 2.69. The van der Waals surface area contributed by atoms with Crippen LogP contribution in [0.15, 0.2) is 25.0 Å². The Kier molecular flexibility index (Phi) is 4.09. The molecule has 1 heterocycles. The van der Waals surface area contributed by atoms with E-state index in [9.17, 15) is 0 Å². The van der Waals surface area contributed by atoms with Crippen molar-refractivity contribution in [2.75, 3.05) is 13.6 Å². The minimum Gasteiger partial charge on any atom is -0.319 e. The van der Waals surface area contributed by atoms with Gasteiger partial charge in [-0.15, -0.1) is 6.58 Å². The zero-order valence-corrected chi connectivity index (χ0v) is 9.95. The van der Waals surface area contributed by atoms with Crippen molar-refractivity contribution in [1.82, 2.24) is 15.1 Å². The van der Waals surface area contributed by atoms with Gasteiger partial charge >= 0.3 is 0 Å². The number of nitrogens with one attached hydrogen (secondary N) is 1. The molecule has 3 heteroatoms. The smallest absolute Gasteiger partial charge is 0.0522 e. The highest BCUT2D eigenvalue weighted by Gasteiger charge is 2.20. The van der Waals surface area contributed by atoms with E-state index in [0.29, 0.717) is 0 Å². The van der Waals surface area contributed by atoms with Crippen molar-refractivity contribution in [2.24, 2.45) is 5.41 Å². The van der Waals surface area contributed by atoms with E-state index in [1.807, 2.05) is 24.0 Å². The maximum atomic E-state index is 4.28. The van der Waals surface area contributed by atoms with Gasteiger partial charge in [-0.2, -0.15) is 5.10 Å². The summed E-state index contributed by atoms with van der Waals surface area (Å²) < 4.78 is 1.96. The van der Waals surface area contributed by atoms with Gasteiger partial charge in [0.15, 0.2) is 0 Å². The van der Waals surface area contributed by atoms with Crippen molar-refractivity contribution >= 4 is 0 Å². The van der Waals surface area contributed by atoms with Crippen LogP contribution in [0, 0.1) is 5.41 Å². The first kappa shape index (κ1) is 12.0. The molecule has 0 saturated heterocycles. The van der Waals surface area contributed by atoms with Crippen LogP contribution in [0.4, 0.5) is 0 Å². The van der Waals surface area contributed by atoms with Crippen molar-refractivity contribution in [1.29, 1.82) is 0 Å². The second-order valence-electron chi connectivity index (χ2n) is 4.27. The summed E-state index contributed by atoms with van der Waals surface area (Å²) in [4.78, 5) is 0. The molecule has 0 aliphatic heterocycles. The standard InChI is InChI=1S/C12H21N3/c1-5-12(3,10-13-4)7-11-8-14-15(6-2)9-11/h5,8-9,13H,1,6-7,10H2,2-4H3. The second-order valence-corrected chi connectivity index (χ2v) is 4.27. The molecule has 1 unspecified atom stereocenters. The Balaban J connectivity index is 2.69. The normalized spacial score (nSPS) is 14.9. The van der Waals surface area contributed by atoms with E-state index < -0.39 is 0 Å². The van der Waals surface area contributed by atoms with E-state index in [1.165, 1.54) is 5.56 Å². The molecule has 0 saturated carbocycles. The van der Waals surface area contributed by atoms with E-state index in [1.54, 1.807) is 0 Å². The first-order valence-electron chi connectivity index (χ1n) is 5.43. The molecule has 84 valence electrons. The lowest BCUT2D eigenvalue weighted by atomic mass is 9.84. The minimum absolute atomic E-state index is 0.107. The number of rotatable bonds is 6. The van der Waals surface area contributed by atoms with E-state index in [2.05, 4.69) is 37.0 Å². The molecular formula is C12H21N3. The van der Waals surface area contributed by atoms with Gasteiger partial charge in [0.1, 0.15) is 0 Å². The Labute approximate surface area is 92.2 Å². The third kappa shape index (κ3) is 3.20. The van der Waals surface area contributed by atoms with Gasteiger partial charge in [-0.25, -0.2) is 0 Å². The number of nitrogens with zero attached hydrogens (tertiary/aromatic N) is 2.